The molecule has 0 atom stereocenters. The quantitative estimate of drug-likeness (QED) is 0.429. The maximum atomic E-state index is 12.4. The minimum Gasteiger partial charge on any atom is -0.451 e. The number of carbonyl (C=O) groups excluding carboxylic acids is 3. The number of carbonyl (C=O) groups is 3. The van der Waals surface area contributed by atoms with Gasteiger partial charge in [0.2, 0.25) is 5.91 Å². The topological polar surface area (TPSA) is 100 Å². The van der Waals surface area contributed by atoms with Crippen molar-refractivity contribution in [3.63, 3.8) is 0 Å². The Morgan fingerprint density at radius 3 is 2.12 bits per heavy atom. The molecule has 0 fully saturated rings. The van der Waals surface area contributed by atoms with E-state index < -0.39 is 0 Å². The molecule has 0 aliphatic carbocycles. The van der Waals surface area contributed by atoms with Crippen LogP contribution in [0.4, 0.5) is 11.4 Å². The Hall–Kier alpha value is -4.39. The van der Waals surface area contributed by atoms with Crippen LogP contribution in [0.1, 0.15) is 26.5 Å². The second-order valence-electron chi connectivity index (χ2n) is 7.18. The summed E-state index contributed by atoms with van der Waals surface area (Å²) in [6, 6.07) is 22.8. The van der Waals surface area contributed by atoms with Crippen molar-refractivity contribution in [2.24, 2.45) is 0 Å². The summed E-state index contributed by atoms with van der Waals surface area (Å²) >= 11 is 0. The van der Waals surface area contributed by atoms with Crippen molar-refractivity contribution in [2.75, 3.05) is 17.7 Å². The molecule has 32 heavy (non-hydrogen) atoms. The van der Waals surface area contributed by atoms with E-state index in [2.05, 4.69) is 16.0 Å². The summed E-state index contributed by atoms with van der Waals surface area (Å²) in [5.74, 6) is -0.476. The summed E-state index contributed by atoms with van der Waals surface area (Å²) in [6.07, 6.45) is 0.176. The molecule has 0 aliphatic heterocycles. The lowest BCUT2D eigenvalue weighted by atomic mass is 10.1. The van der Waals surface area contributed by atoms with E-state index in [4.69, 9.17) is 4.42 Å². The Morgan fingerprint density at radius 2 is 1.44 bits per heavy atom. The lowest BCUT2D eigenvalue weighted by Crippen LogP contribution is -2.18. The molecule has 3 aromatic carbocycles. The fraction of sp³-hybridized carbons (Fsp3) is 0.0800. The van der Waals surface area contributed by atoms with E-state index >= 15 is 0 Å². The van der Waals surface area contributed by atoms with Crippen LogP contribution >= 0.6 is 0 Å². The molecule has 1 heterocycles. The standard InChI is InChI=1S/C25H21N3O4/c1-26-24(30)17-8-12-19(13-9-17)27-23(29)14-16-6-10-20(11-7-16)28-25(31)22-15-18-4-2-3-5-21(18)32-22/h2-13,15H,14H2,1H3,(H,26,30)(H,27,29)(H,28,31). The first-order chi connectivity index (χ1) is 15.5. The smallest absolute Gasteiger partial charge is 0.291 e. The van der Waals surface area contributed by atoms with Gasteiger partial charge in [-0.3, -0.25) is 14.4 Å². The van der Waals surface area contributed by atoms with Crippen LogP contribution in [0.5, 0.6) is 0 Å². The van der Waals surface area contributed by atoms with Crippen LogP contribution in [-0.2, 0) is 11.2 Å². The number of nitrogens with one attached hydrogen (secondary N) is 3. The number of rotatable bonds is 6. The number of fused-ring (bicyclic) bond motifs is 1. The average molecular weight is 427 g/mol. The lowest BCUT2D eigenvalue weighted by Gasteiger charge is -2.08. The largest absolute Gasteiger partial charge is 0.451 e. The van der Waals surface area contributed by atoms with Crippen molar-refractivity contribution in [1.82, 2.24) is 5.32 Å². The molecule has 4 aromatic rings. The van der Waals surface area contributed by atoms with Gasteiger partial charge in [-0.25, -0.2) is 0 Å². The number of anilines is 2. The molecule has 0 spiro atoms. The third kappa shape index (κ3) is 4.84. The normalized spacial score (nSPS) is 10.5. The SMILES string of the molecule is CNC(=O)c1ccc(NC(=O)Cc2ccc(NC(=O)c3cc4ccccc4o3)cc2)cc1. The van der Waals surface area contributed by atoms with E-state index in [9.17, 15) is 14.4 Å². The van der Waals surface area contributed by atoms with Crippen molar-refractivity contribution < 1.29 is 18.8 Å². The number of hydrogen-bond donors (Lipinski definition) is 3. The van der Waals surface area contributed by atoms with E-state index in [0.29, 0.717) is 22.5 Å². The van der Waals surface area contributed by atoms with Crippen molar-refractivity contribution in [2.45, 2.75) is 6.42 Å². The zero-order valence-electron chi connectivity index (χ0n) is 17.3. The van der Waals surface area contributed by atoms with Gasteiger partial charge < -0.3 is 20.4 Å². The van der Waals surface area contributed by atoms with E-state index in [1.54, 1.807) is 61.6 Å². The number of benzene rings is 3. The van der Waals surface area contributed by atoms with Gasteiger partial charge in [0, 0.05) is 29.4 Å². The van der Waals surface area contributed by atoms with Crippen LogP contribution < -0.4 is 16.0 Å². The summed E-state index contributed by atoms with van der Waals surface area (Å²) < 4.78 is 5.57. The van der Waals surface area contributed by atoms with Crippen LogP contribution in [0.2, 0.25) is 0 Å². The molecular weight excluding hydrogens is 406 g/mol. The molecular formula is C25H21N3O4. The summed E-state index contributed by atoms with van der Waals surface area (Å²) in [7, 11) is 1.56. The predicted molar refractivity (Wildman–Crippen MR) is 123 cm³/mol. The highest BCUT2D eigenvalue weighted by atomic mass is 16.3. The maximum absolute atomic E-state index is 12.4. The zero-order chi connectivity index (χ0) is 22.5. The van der Waals surface area contributed by atoms with Gasteiger partial charge in [-0.15, -0.1) is 0 Å². The zero-order valence-corrected chi connectivity index (χ0v) is 17.3. The Bertz CT molecular complexity index is 1240. The molecule has 1 aromatic heterocycles. The molecule has 7 heteroatoms. The summed E-state index contributed by atoms with van der Waals surface area (Å²) in [4.78, 5) is 36.3. The third-order valence-electron chi connectivity index (χ3n) is 4.88. The van der Waals surface area contributed by atoms with E-state index in [-0.39, 0.29) is 29.9 Å². The highest BCUT2D eigenvalue weighted by Crippen LogP contribution is 2.20. The first-order valence-electron chi connectivity index (χ1n) is 10.0. The van der Waals surface area contributed by atoms with Crippen molar-refractivity contribution in [1.29, 1.82) is 0 Å². The molecule has 4 rings (SSSR count). The van der Waals surface area contributed by atoms with Gasteiger partial charge in [-0.2, -0.15) is 0 Å². The molecule has 0 aliphatic rings. The van der Waals surface area contributed by atoms with Gasteiger partial charge in [0.05, 0.1) is 6.42 Å². The Balaban J connectivity index is 1.33. The molecule has 0 saturated carbocycles. The first kappa shape index (κ1) is 20.9. The average Bonchev–Trinajstić information content (AvgIpc) is 3.25. The fourth-order valence-electron chi connectivity index (χ4n) is 3.23. The first-order valence-corrected chi connectivity index (χ1v) is 10.0. The van der Waals surface area contributed by atoms with E-state index in [0.717, 1.165) is 10.9 Å². The molecule has 3 N–H and O–H groups in total. The number of amides is 3. The van der Waals surface area contributed by atoms with Crippen LogP contribution in [0.3, 0.4) is 0 Å². The Morgan fingerprint density at radius 1 is 0.781 bits per heavy atom. The maximum Gasteiger partial charge on any atom is 0.291 e. The second kappa shape index (κ2) is 9.18. The number of hydrogen-bond acceptors (Lipinski definition) is 4. The molecule has 0 unspecified atom stereocenters. The highest BCUT2D eigenvalue weighted by Gasteiger charge is 2.12. The van der Waals surface area contributed by atoms with Crippen LogP contribution in [0.25, 0.3) is 11.0 Å². The van der Waals surface area contributed by atoms with Crippen molar-refractivity contribution in [3.05, 3.63) is 95.7 Å². The molecule has 3 amide bonds. The molecule has 0 radical (unpaired) electrons. The number of furan rings is 1. The fourth-order valence-corrected chi connectivity index (χ4v) is 3.23. The molecule has 160 valence electrons. The monoisotopic (exact) mass is 427 g/mol. The van der Waals surface area contributed by atoms with Gasteiger partial charge >= 0.3 is 0 Å². The molecule has 0 saturated heterocycles. The predicted octanol–water partition coefficient (Wildman–Crippen LogP) is 4.23. The third-order valence-corrected chi connectivity index (χ3v) is 4.88. The second-order valence-corrected chi connectivity index (χ2v) is 7.18. The van der Waals surface area contributed by atoms with Gasteiger partial charge in [-0.05, 0) is 54.1 Å². The summed E-state index contributed by atoms with van der Waals surface area (Å²) in [6.45, 7) is 0. The highest BCUT2D eigenvalue weighted by molar-refractivity contribution is 6.04. The van der Waals surface area contributed by atoms with Gasteiger partial charge in [0.1, 0.15) is 5.58 Å². The lowest BCUT2D eigenvalue weighted by molar-refractivity contribution is -0.115. The van der Waals surface area contributed by atoms with Crippen molar-refractivity contribution in [3.8, 4) is 0 Å². The van der Waals surface area contributed by atoms with E-state index in [1.807, 2.05) is 24.3 Å². The van der Waals surface area contributed by atoms with Gasteiger partial charge in [0.15, 0.2) is 5.76 Å². The molecule has 0 bridgehead atoms. The molecule has 7 nitrogen and oxygen atoms in total. The Kier molecular flexibility index (Phi) is 5.98. The van der Waals surface area contributed by atoms with E-state index in [1.165, 1.54) is 0 Å². The summed E-state index contributed by atoms with van der Waals surface area (Å²) in [5.41, 5.74) is 3.18. The number of para-hydroxylation sites is 1. The van der Waals surface area contributed by atoms with Crippen LogP contribution in [0.15, 0.2) is 83.3 Å². The van der Waals surface area contributed by atoms with Gasteiger partial charge in [-0.1, -0.05) is 30.3 Å². The Labute approximate surface area is 184 Å². The van der Waals surface area contributed by atoms with Crippen molar-refractivity contribution >= 4 is 40.1 Å². The van der Waals surface area contributed by atoms with Gasteiger partial charge in [0.25, 0.3) is 11.8 Å². The van der Waals surface area contributed by atoms with Crippen LogP contribution in [0, 0.1) is 0 Å². The minimum atomic E-state index is -0.341. The minimum absolute atomic E-state index is 0.176. The van der Waals surface area contributed by atoms with Crippen LogP contribution in [-0.4, -0.2) is 24.8 Å². The summed E-state index contributed by atoms with van der Waals surface area (Å²) in [5, 5.41) is 9.01.